The number of halogens is 1. The third kappa shape index (κ3) is 2.66. The second-order valence-electron chi connectivity index (χ2n) is 4.74. The van der Waals surface area contributed by atoms with Crippen LogP contribution in [0.5, 0.6) is 0 Å². The molecule has 1 saturated carbocycles. The molecule has 1 amide bonds. The number of nitrogens with two attached hydrogens (primary N) is 1. The van der Waals surface area contributed by atoms with Crippen LogP contribution in [0.3, 0.4) is 0 Å². The lowest BCUT2D eigenvalue weighted by Crippen LogP contribution is -2.48. The monoisotopic (exact) mass is 247 g/mol. The van der Waals surface area contributed by atoms with Crippen LogP contribution in [0, 0.1) is 17.1 Å². The number of carbonyl (C=O) groups excluding carboxylic acids is 1. The summed E-state index contributed by atoms with van der Waals surface area (Å²) in [6.07, 6.45) is 2.96. The number of amides is 1. The SMILES string of the molecule is N#Cc1cc(F)ccc1NC(=O)CC1(N)CCC1. The molecule has 1 aliphatic carbocycles. The molecule has 0 radical (unpaired) electrons. The Morgan fingerprint density at radius 3 is 2.83 bits per heavy atom. The molecule has 2 rings (SSSR count). The first-order chi connectivity index (χ1) is 8.52. The van der Waals surface area contributed by atoms with Crippen molar-refractivity contribution in [2.24, 2.45) is 5.73 Å². The normalized spacial score (nSPS) is 16.5. The van der Waals surface area contributed by atoms with E-state index in [1.807, 2.05) is 6.07 Å². The highest BCUT2D eigenvalue weighted by atomic mass is 19.1. The smallest absolute Gasteiger partial charge is 0.226 e. The molecule has 5 heteroatoms. The van der Waals surface area contributed by atoms with Crippen molar-refractivity contribution in [1.82, 2.24) is 0 Å². The summed E-state index contributed by atoms with van der Waals surface area (Å²) in [5, 5.41) is 11.5. The van der Waals surface area contributed by atoms with E-state index in [9.17, 15) is 9.18 Å². The van der Waals surface area contributed by atoms with Crippen LogP contribution in [0.2, 0.25) is 0 Å². The average Bonchev–Trinajstić information content (AvgIpc) is 2.29. The van der Waals surface area contributed by atoms with Gasteiger partial charge in [0.15, 0.2) is 0 Å². The number of hydrogen-bond acceptors (Lipinski definition) is 3. The standard InChI is InChI=1S/C13H14FN3O/c14-10-2-3-11(9(6-10)8-15)17-12(18)7-13(16)4-1-5-13/h2-3,6H,1,4-5,7,16H2,(H,17,18). The minimum atomic E-state index is -0.501. The Labute approximate surface area is 105 Å². The molecule has 94 valence electrons. The lowest BCUT2D eigenvalue weighted by Gasteiger charge is -2.37. The van der Waals surface area contributed by atoms with E-state index in [0.717, 1.165) is 25.3 Å². The van der Waals surface area contributed by atoms with Crippen LogP contribution in [0.25, 0.3) is 0 Å². The summed E-state index contributed by atoms with van der Waals surface area (Å²) >= 11 is 0. The number of rotatable bonds is 3. The van der Waals surface area contributed by atoms with E-state index in [1.54, 1.807) is 0 Å². The first kappa shape index (κ1) is 12.5. The number of hydrogen-bond donors (Lipinski definition) is 2. The molecule has 1 aromatic rings. The van der Waals surface area contributed by atoms with E-state index in [0.29, 0.717) is 5.69 Å². The quantitative estimate of drug-likeness (QED) is 0.856. The van der Waals surface area contributed by atoms with Gasteiger partial charge in [-0.3, -0.25) is 4.79 Å². The summed E-state index contributed by atoms with van der Waals surface area (Å²) < 4.78 is 12.9. The second kappa shape index (κ2) is 4.75. The van der Waals surface area contributed by atoms with Gasteiger partial charge in [-0.25, -0.2) is 4.39 Å². The molecule has 0 bridgehead atoms. The van der Waals surface area contributed by atoms with Crippen LogP contribution in [0.1, 0.15) is 31.2 Å². The van der Waals surface area contributed by atoms with Crippen LogP contribution in [0.15, 0.2) is 18.2 Å². The predicted octanol–water partition coefficient (Wildman–Crippen LogP) is 1.91. The van der Waals surface area contributed by atoms with Crippen molar-refractivity contribution >= 4 is 11.6 Å². The molecule has 1 fully saturated rings. The zero-order valence-corrected chi connectivity index (χ0v) is 9.87. The van der Waals surface area contributed by atoms with Crippen molar-refractivity contribution in [1.29, 1.82) is 5.26 Å². The Morgan fingerprint density at radius 2 is 2.28 bits per heavy atom. The summed E-state index contributed by atoms with van der Waals surface area (Å²) in [7, 11) is 0. The first-order valence-corrected chi connectivity index (χ1v) is 5.81. The third-order valence-electron chi connectivity index (χ3n) is 3.24. The summed E-state index contributed by atoms with van der Waals surface area (Å²) in [6, 6.07) is 5.53. The lowest BCUT2D eigenvalue weighted by atomic mass is 9.75. The maximum atomic E-state index is 12.9. The summed E-state index contributed by atoms with van der Waals surface area (Å²) in [4.78, 5) is 11.8. The van der Waals surface area contributed by atoms with Crippen LogP contribution >= 0.6 is 0 Å². The molecular weight excluding hydrogens is 233 g/mol. The number of anilines is 1. The van der Waals surface area contributed by atoms with Crippen molar-refractivity contribution in [3.05, 3.63) is 29.6 Å². The molecule has 0 aromatic heterocycles. The number of nitrogens with zero attached hydrogens (tertiary/aromatic N) is 1. The molecule has 3 N–H and O–H groups in total. The Balaban J connectivity index is 2.05. The molecule has 0 heterocycles. The van der Waals surface area contributed by atoms with Crippen LogP contribution < -0.4 is 11.1 Å². The van der Waals surface area contributed by atoms with Crippen molar-refractivity contribution in [2.75, 3.05) is 5.32 Å². The number of nitriles is 1. The average molecular weight is 247 g/mol. The van der Waals surface area contributed by atoms with E-state index in [-0.39, 0.29) is 17.9 Å². The van der Waals surface area contributed by atoms with E-state index >= 15 is 0 Å². The molecule has 1 aliphatic rings. The molecule has 1 aromatic carbocycles. The largest absolute Gasteiger partial charge is 0.325 e. The molecular formula is C13H14FN3O. The maximum absolute atomic E-state index is 12.9. The third-order valence-corrected chi connectivity index (χ3v) is 3.24. The van der Waals surface area contributed by atoms with Gasteiger partial charge in [-0.05, 0) is 37.5 Å². The molecule has 0 atom stereocenters. The van der Waals surface area contributed by atoms with Crippen LogP contribution in [-0.2, 0) is 4.79 Å². The highest BCUT2D eigenvalue weighted by molar-refractivity contribution is 5.92. The van der Waals surface area contributed by atoms with Gasteiger partial charge in [-0.1, -0.05) is 0 Å². The van der Waals surface area contributed by atoms with Gasteiger partial charge in [0.1, 0.15) is 11.9 Å². The molecule has 0 saturated heterocycles. The van der Waals surface area contributed by atoms with Crippen molar-refractivity contribution < 1.29 is 9.18 Å². The maximum Gasteiger partial charge on any atom is 0.226 e. The van der Waals surface area contributed by atoms with E-state index in [4.69, 9.17) is 11.0 Å². The highest BCUT2D eigenvalue weighted by Gasteiger charge is 2.34. The Kier molecular flexibility index (Phi) is 3.30. The van der Waals surface area contributed by atoms with E-state index in [1.165, 1.54) is 12.1 Å². The number of benzene rings is 1. The fourth-order valence-corrected chi connectivity index (χ4v) is 2.04. The zero-order chi connectivity index (χ0) is 13.2. The van der Waals surface area contributed by atoms with Crippen molar-refractivity contribution in [2.45, 2.75) is 31.2 Å². The Bertz CT molecular complexity index is 517. The fraction of sp³-hybridized carbons (Fsp3) is 0.385. The second-order valence-corrected chi connectivity index (χ2v) is 4.74. The first-order valence-electron chi connectivity index (χ1n) is 5.81. The lowest BCUT2D eigenvalue weighted by molar-refractivity contribution is -0.118. The van der Waals surface area contributed by atoms with Crippen LogP contribution in [0.4, 0.5) is 10.1 Å². The van der Waals surface area contributed by atoms with Gasteiger partial charge in [-0.15, -0.1) is 0 Å². The van der Waals surface area contributed by atoms with Gasteiger partial charge >= 0.3 is 0 Å². The summed E-state index contributed by atoms with van der Waals surface area (Å²) in [5.41, 5.74) is 6.00. The molecule has 18 heavy (non-hydrogen) atoms. The molecule has 0 aliphatic heterocycles. The Morgan fingerprint density at radius 1 is 1.56 bits per heavy atom. The number of nitrogens with one attached hydrogen (secondary N) is 1. The zero-order valence-electron chi connectivity index (χ0n) is 9.87. The topological polar surface area (TPSA) is 78.9 Å². The van der Waals surface area contributed by atoms with Gasteiger partial charge < -0.3 is 11.1 Å². The summed E-state index contributed by atoms with van der Waals surface area (Å²) in [6.45, 7) is 0. The van der Waals surface area contributed by atoms with Gasteiger partial charge in [0, 0.05) is 12.0 Å². The summed E-state index contributed by atoms with van der Waals surface area (Å²) in [5.74, 6) is -0.737. The fourth-order valence-electron chi connectivity index (χ4n) is 2.04. The Hall–Kier alpha value is -1.93. The van der Waals surface area contributed by atoms with Crippen LogP contribution in [-0.4, -0.2) is 11.4 Å². The van der Waals surface area contributed by atoms with Gasteiger partial charge in [0.25, 0.3) is 0 Å². The molecule has 4 nitrogen and oxygen atoms in total. The van der Waals surface area contributed by atoms with Gasteiger partial charge in [-0.2, -0.15) is 5.26 Å². The van der Waals surface area contributed by atoms with E-state index < -0.39 is 11.4 Å². The molecule has 0 spiro atoms. The minimum Gasteiger partial charge on any atom is -0.325 e. The predicted molar refractivity (Wildman–Crippen MR) is 65.1 cm³/mol. The van der Waals surface area contributed by atoms with Crippen molar-refractivity contribution in [3.63, 3.8) is 0 Å². The van der Waals surface area contributed by atoms with E-state index in [2.05, 4.69) is 5.32 Å². The van der Waals surface area contributed by atoms with Gasteiger partial charge in [0.2, 0.25) is 5.91 Å². The highest BCUT2D eigenvalue weighted by Crippen LogP contribution is 2.32. The number of carbonyl (C=O) groups is 1. The minimum absolute atomic E-state index is 0.114. The van der Waals surface area contributed by atoms with Gasteiger partial charge in [0.05, 0.1) is 11.3 Å². The van der Waals surface area contributed by atoms with Crippen molar-refractivity contribution in [3.8, 4) is 6.07 Å². The molecule has 0 unspecified atom stereocenters.